The number of aliphatic hydroxyl groups excluding tert-OH is 1. The molecule has 0 aliphatic heterocycles. The number of hydrogen-bond acceptors (Lipinski definition) is 1. The average molecular weight is 184 g/mol. The maximum absolute atomic E-state index is 9.02. The van der Waals surface area contributed by atoms with Gasteiger partial charge >= 0.3 is 75.4 Å². The molecule has 0 amide bonds. The maximum Gasteiger partial charge on any atom is 1.00 e. The molecule has 0 aliphatic rings. The number of benzene rings is 1. The van der Waals surface area contributed by atoms with Crippen LogP contribution in [0.2, 0.25) is 0 Å². The van der Waals surface area contributed by atoms with Crippen LogP contribution in [0.5, 0.6) is 0 Å². The molecule has 0 spiro atoms. The third-order valence-electron chi connectivity index (χ3n) is 1.28. The van der Waals surface area contributed by atoms with Gasteiger partial charge in [0.05, 0.1) is 6.10 Å². The van der Waals surface area contributed by atoms with Gasteiger partial charge in [-0.1, -0.05) is 30.3 Å². The van der Waals surface area contributed by atoms with Crippen molar-refractivity contribution in [2.75, 3.05) is 0 Å². The average Bonchev–Trinajstić information content (AvgIpc) is 1.90. The van der Waals surface area contributed by atoms with Crippen molar-refractivity contribution in [3.63, 3.8) is 0 Å². The molecule has 1 rings (SSSR count). The van der Waals surface area contributed by atoms with Gasteiger partial charge in [-0.25, -0.2) is 0 Å². The van der Waals surface area contributed by atoms with Crippen molar-refractivity contribution in [1.29, 1.82) is 0 Å². The molecule has 0 bridgehead atoms. The SMILES string of the molecule is CC(O)c1ccccc1.[AlH3].[H-].[H-].[H-].[H-].[Li+].[Li+].[Li+].[Li+]. The molecular weight excluding hydrogens is 167 g/mol. The Kier molecular flexibility index (Phi) is 37.2. The van der Waals surface area contributed by atoms with Crippen molar-refractivity contribution in [3.8, 4) is 0 Å². The Morgan fingerprint density at radius 3 is 1.57 bits per heavy atom. The molecule has 14 heavy (non-hydrogen) atoms. The van der Waals surface area contributed by atoms with Crippen molar-refractivity contribution in [2.24, 2.45) is 0 Å². The van der Waals surface area contributed by atoms with Crippen LogP contribution in [0.1, 0.15) is 24.3 Å². The molecule has 1 atom stereocenters. The molecule has 1 aromatic rings. The summed E-state index contributed by atoms with van der Waals surface area (Å²) >= 11 is 0. The summed E-state index contributed by atoms with van der Waals surface area (Å²) < 4.78 is 0. The van der Waals surface area contributed by atoms with Crippen molar-refractivity contribution in [2.45, 2.75) is 13.0 Å². The topological polar surface area (TPSA) is 20.2 Å². The first kappa shape index (κ1) is 29.8. The van der Waals surface area contributed by atoms with Crippen molar-refractivity contribution < 1.29 is 86.3 Å². The van der Waals surface area contributed by atoms with Gasteiger partial charge in [0.1, 0.15) is 0 Å². The summed E-state index contributed by atoms with van der Waals surface area (Å²) in [5.41, 5.74) is 0.970. The van der Waals surface area contributed by atoms with Crippen LogP contribution in [0.25, 0.3) is 0 Å². The minimum absolute atomic E-state index is 0. The summed E-state index contributed by atoms with van der Waals surface area (Å²) in [6.45, 7) is 1.76. The Morgan fingerprint density at radius 2 is 1.36 bits per heavy atom. The van der Waals surface area contributed by atoms with Crippen LogP contribution in [0.3, 0.4) is 0 Å². The Morgan fingerprint density at radius 1 is 1.00 bits per heavy atom. The van der Waals surface area contributed by atoms with Gasteiger partial charge in [0.15, 0.2) is 17.4 Å². The molecule has 0 aliphatic carbocycles. The monoisotopic (exact) mass is 184 g/mol. The molecule has 6 heteroatoms. The van der Waals surface area contributed by atoms with E-state index in [2.05, 4.69) is 0 Å². The van der Waals surface area contributed by atoms with Gasteiger partial charge in [-0.2, -0.15) is 0 Å². The van der Waals surface area contributed by atoms with Gasteiger partial charge in [-0.3, -0.25) is 0 Å². The fraction of sp³-hybridized carbons (Fsp3) is 0.250. The van der Waals surface area contributed by atoms with E-state index in [-0.39, 0.29) is 105 Å². The molecule has 0 fully saturated rings. The Labute approximate surface area is 151 Å². The van der Waals surface area contributed by atoms with Crippen LogP contribution in [-0.4, -0.2) is 22.5 Å². The molecule has 0 aromatic heterocycles. The van der Waals surface area contributed by atoms with Gasteiger partial charge in [-0.05, 0) is 12.5 Å². The fourth-order valence-electron chi connectivity index (χ4n) is 0.732. The normalized spacial score (nSPS) is 8.43. The molecule has 1 unspecified atom stereocenters. The Bertz CT molecular complexity index is 198. The van der Waals surface area contributed by atoms with E-state index in [9.17, 15) is 0 Å². The molecular formula is C8H17AlLi4O. The third-order valence-corrected chi connectivity index (χ3v) is 1.28. The predicted molar refractivity (Wildman–Crippen MR) is 51.5 cm³/mol. The van der Waals surface area contributed by atoms with E-state index in [1.54, 1.807) is 6.92 Å². The standard InChI is InChI=1S/C8H10O.Al.4Li.7H/c1-7(9)8-5-3-2-4-6-8;;;;;;;;;;;;/h2-7,9H,1H3;;;;;;;;;;;;/q;;4*+1;;;;4*-1. The summed E-state index contributed by atoms with van der Waals surface area (Å²) in [5, 5.41) is 9.02. The van der Waals surface area contributed by atoms with E-state index in [0.29, 0.717) is 0 Å². The van der Waals surface area contributed by atoms with Gasteiger partial charge in [0.2, 0.25) is 0 Å². The fourth-order valence-corrected chi connectivity index (χ4v) is 0.732. The Hall–Kier alpha value is 2.10. The van der Waals surface area contributed by atoms with E-state index in [0.717, 1.165) is 5.56 Å². The van der Waals surface area contributed by atoms with Gasteiger partial charge < -0.3 is 10.8 Å². The molecule has 1 N–H and O–H groups in total. The van der Waals surface area contributed by atoms with Crippen LogP contribution in [0.4, 0.5) is 0 Å². The number of hydrogen-bond donors (Lipinski definition) is 1. The van der Waals surface area contributed by atoms with Crippen LogP contribution in [0, 0.1) is 0 Å². The predicted octanol–water partition coefficient (Wildman–Crippen LogP) is -11.0. The number of rotatable bonds is 1. The zero-order valence-electron chi connectivity index (χ0n) is 13.4. The second-order valence-corrected chi connectivity index (χ2v) is 2.09. The number of aliphatic hydroxyl groups is 1. The smallest absolute Gasteiger partial charge is 1.00 e. The molecule has 0 radical (unpaired) electrons. The van der Waals surface area contributed by atoms with Gasteiger partial charge in [0, 0.05) is 0 Å². The first-order valence-electron chi connectivity index (χ1n) is 3.03. The second kappa shape index (κ2) is 17.5. The summed E-state index contributed by atoms with van der Waals surface area (Å²) in [6, 6.07) is 9.59. The van der Waals surface area contributed by atoms with Crippen molar-refractivity contribution >= 4 is 17.4 Å². The first-order chi connectivity index (χ1) is 4.30. The summed E-state index contributed by atoms with van der Waals surface area (Å²) in [5.74, 6) is 0. The second-order valence-electron chi connectivity index (χ2n) is 2.09. The molecule has 0 saturated carbocycles. The van der Waals surface area contributed by atoms with Crippen molar-refractivity contribution in [3.05, 3.63) is 35.9 Å². The van der Waals surface area contributed by atoms with E-state index < -0.39 is 0 Å². The Balaban J connectivity index is -0.0000000129. The zero-order valence-corrected chi connectivity index (χ0v) is 9.41. The van der Waals surface area contributed by atoms with Crippen molar-refractivity contribution in [1.82, 2.24) is 0 Å². The van der Waals surface area contributed by atoms with E-state index >= 15 is 0 Å². The molecule has 1 aromatic carbocycles. The first-order valence-corrected chi connectivity index (χ1v) is 3.03. The van der Waals surface area contributed by atoms with Crippen LogP contribution in [0.15, 0.2) is 30.3 Å². The minimum atomic E-state index is -0.341. The zero-order chi connectivity index (χ0) is 6.69. The van der Waals surface area contributed by atoms with E-state index in [4.69, 9.17) is 5.11 Å². The quantitative estimate of drug-likeness (QED) is 0.430. The molecule has 62 valence electrons. The van der Waals surface area contributed by atoms with Gasteiger partial charge in [0.25, 0.3) is 0 Å². The summed E-state index contributed by atoms with van der Waals surface area (Å²) in [7, 11) is 0. The van der Waals surface area contributed by atoms with Crippen LogP contribution >= 0.6 is 0 Å². The molecule has 0 heterocycles. The third kappa shape index (κ3) is 12.2. The largest absolute Gasteiger partial charge is 1.00 e. The maximum atomic E-state index is 9.02. The summed E-state index contributed by atoms with van der Waals surface area (Å²) in [6.07, 6.45) is -0.341. The summed E-state index contributed by atoms with van der Waals surface area (Å²) in [4.78, 5) is 0. The van der Waals surface area contributed by atoms with E-state index in [1.165, 1.54) is 0 Å². The van der Waals surface area contributed by atoms with E-state index in [1.807, 2.05) is 30.3 Å². The molecule has 1 nitrogen and oxygen atoms in total. The van der Waals surface area contributed by atoms with Crippen LogP contribution in [-0.2, 0) is 0 Å². The van der Waals surface area contributed by atoms with Gasteiger partial charge in [-0.15, -0.1) is 0 Å². The molecule has 0 saturated heterocycles. The minimum Gasteiger partial charge on any atom is -1.00 e. The van der Waals surface area contributed by atoms with Crippen LogP contribution < -0.4 is 75.4 Å².